The first-order valence-electron chi connectivity index (χ1n) is 8.79. The molecule has 1 atom stereocenters. The van der Waals surface area contributed by atoms with Crippen LogP contribution in [0.25, 0.3) is 0 Å². The molecule has 146 valence electrons. The molecule has 0 saturated carbocycles. The van der Waals surface area contributed by atoms with E-state index in [1.54, 1.807) is 12.1 Å². The number of thioether (sulfide) groups is 1. The summed E-state index contributed by atoms with van der Waals surface area (Å²) in [5, 5.41) is 6.13. The molecule has 1 fully saturated rings. The molecular weight excluding hydrogens is 374 g/mol. The van der Waals surface area contributed by atoms with Crippen LogP contribution in [0.3, 0.4) is 0 Å². The maximum Gasteiger partial charge on any atom is 0.284 e. The SMILES string of the molecule is O=C(Nc1cccc(CNCc2ccc(CSC(F)F)o2)c1)C1CCCO1. The first-order chi connectivity index (χ1) is 13.1. The zero-order chi connectivity index (χ0) is 19.1. The summed E-state index contributed by atoms with van der Waals surface area (Å²) < 4.78 is 35.3. The van der Waals surface area contributed by atoms with Gasteiger partial charge < -0.3 is 19.8 Å². The number of anilines is 1. The zero-order valence-electron chi connectivity index (χ0n) is 14.8. The van der Waals surface area contributed by atoms with Crippen molar-refractivity contribution < 1.29 is 22.7 Å². The van der Waals surface area contributed by atoms with Gasteiger partial charge in [0, 0.05) is 18.8 Å². The van der Waals surface area contributed by atoms with Crippen LogP contribution in [0, 0.1) is 0 Å². The Morgan fingerprint density at radius 1 is 1.22 bits per heavy atom. The van der Waals surface area contributed by atoms with Gasteiger partial charge in [0.2, 0.25) is 0 Å². The summed E-state index contributed by atoms with van der Waals surface area (Å²) in [5.74, 6) is -1.12. The fraction of sp³-hybridized carbons (Fsp3) is 0.421. The van der Waals surface area contributed by atoms with Gasteiger partial charge in [0.15, 0.2) is 0 Å². The number of carbonyl (C=O) groups excluding carboxylic acids is 1. The minimum Gasteiger partial charge on any atom is -0.464 e. The van der Waals surface area contributed by atoms with Gasteiger partial charge in [0.05, 0.1) is 12.3 Å². The van der Waals surface area contributed by atoms with E-state index in [4.69, 9.17) is 9.15 Å². The summed E-state index contributed by atoms with van der Waals surface area (Å²) in [6.45, 7) is 1.72. The molecule has 0 radical (unpaired) electrons. The Hall–Kier alpha value is -1.90. The van der Waals surface area contributed by atoms with Gasteiger partial charge in [-0.1, -0.05) is 23.9 Å². The second-order valence-electron chi connectivity index (χ2n) is 6.23. The minimum absolute atomic E-state index is 0.109. The summed E-state index contributed by atoms with van der Waals surface area (Å²) >= 11 is 0.543. The average Bonchev–Trinajstić information content (AvgIpc) is 3.32. The lowest BCUT2D eigenvalue weighted by Crippen LogP contribution is -2.26. The van der Waals surface area contributed by atoms with Gasteiger partial charge in [-0.3, -0.25) is 4.79 Å². The van der Waals surface area contributed by atoms with E-state index in [0.717, 1.165) is 24.1 Å². The van der Waals surface area contributed by atoms with E-state index in [2.05, 4.69) is 10.6 Å². The maximum atomic E-state index is 12.2. The third-order valence-electron chi connectivity index (χ3n) is 4.11. The highest BCUT2D eigenvalue weighted by Gasteiger charge is 2.23. The van der Waals surface area contributed by atoms with Gasteiger partial charge >= 0.3 is 0 Å². The van der Waals surface area contributed by atoms with Crippen LogP contribution >= 0.6 is 11.8 Å². The summed E-state index contributed by atoms with van der Waals surface area (Å²) in [4.78, 5) is 12.1. The van der Waals surface area contributed by atoms with Crippen molar-refractivity contribution in [3.63, 3.8) is 0 Å². The third-order valence-corrected chi connectivity index (χ3v) is 4.82. The largest absolute Gasteiger partial charge is 0.464 e. The van der Waals surface area contributed by atoms with Gasteiger partial charge in [-0.05, 0) is 42.7 Å². The first-order valence-corrected chi connectivity index (χ1v) is 9.84. The molecule has 8 heteroatoms. The summed E-state index contributed by atoms with van der Waals surface area (Å²) in [7, 11) is 0. The quantitative estimate of drug-likeness (QED) is 0.667. The van der Waals surface area contributed by atoms with Crippen LogP contribution in [0.1, 0.15) is 29.9 Å². The van der Waals surface area contributed by atoms with Crippen molar-refractivity contribution in [1.29, 1.82) is 0 Å². The fourth-order valence-electron chi connectivity index (χ4n) is 2.84. The standard InChI is InChI=1S/C19H22F2N2O3S/c20-19(21)27-12-16-7-6-15(26-16)11-22-10-13-3-1-4-14(9-13)23-18(24)17-5-2-8-25-17/h1,3-4,6-7,9,17,19,22H,2,5,8,10-12H2,(H,23,24). The smallest absolute Gasteiger partial charge is 0.284 e. The molecule has 3 rings (SSSR count). The molecule has 0 bridgehead atoms. The zero-order valence-corrected chi connectivity index (χ0v) is 15.6. The van der Waals surface area contributed by atoms with E-state index in [1.807, 2.05) is 24.3 Å². The summed E-state index contributed by atoms with van der Waals surface area (Å²) in [6, 6.07) is 11.1. The lowest BCUT2D eigenvalue weighted by Gasteiger charge is -2.11. The van der Waals surface area contributed by atoms with Gasteiger partial charge in [-0.25, -0.2) is 0 Å². The van der Waals surface area contributed by atoms with Gasteiger partial charge in [-0.2, -0.15) is 8.78 Å². The number of nitrogens with one attached hydrogen (secondary N) is 2. The summed E-state index contributed by atoms with van der Waals surface area (Å²) in [6.07, 6.45) is 1.31. The lowest BCUT2D eigenvalue weighted by molar-refractivity contribution is -0.124. The molecule has 27 heavy (non-hydrogen) atoms. The maximum absolute atomic E-state index is 12.2. The molecule has 0 aliphatic carbocycles. The van der Waals surface area contributed by atoms with Crippen molar-refractivity contribution in [2.45, 2.75) is 43.5 Å². The van der Waals surface area contributed by atoms with Crippen LogP contribution in [-0.2, 0) is 28.4 Å². The van der Waals surface area contributed by atoms with Crippen LogP contribution < -0.4 is 10.6 Å². The highest BCUT2D eigenvalue weighted by Crippen LogP contribution is 2.21. The van der Waals surface area contributed by atoms with Crippen molar-refractivity contribution in [3.05, 3.63) is 53.5 Å². The number of alkyl halides is 2. The molecule has 1 amide bonds. The Bertz CT molecular complexity index is 748. The highest BCUT2D eigenvalue weighted by atomic mass is 32.2. The Kier molecular flexibility index (Phi) is 7.25. The van der Waals surface area contributed by atoms with E-state index in [0.29, 0.717) is 43.0 Å². The lowest BCUT2D eigenvalue weighted by atomic mass is 10.2. The number of ether oxygens (including phenoxy) is 1. The molecule has 2 aromatic rings. The molecule has 0 spiro atoms. The Balaban J connectivity index is 1.45. The number of furan rings is 1. The van der Waals surface area contributed by atoms with Crippen LogP contribution in [0.15, 0.2) is 40.8 Å². The molecule has 1 aromatic heterocycles. The molecule has 2 N–H and O–H groups in total. The van der Waals surface area contributed by atoms with Crippen LogP contribution in [-0.4, -0.2) is 24.4 Å². The van der Waals surface area contributed by atoms with E-state index >= 15 is 0 Å². The number of hydrogen-bond acceptors (Lipinski definition) is 5. The molecule has 1 aromatic carbocycles. The van der Waals surface area contributed by atoms with Crippen molar-refractivity contribution >= 4 is 23.4 Å². The van der Waals surface area contributed by atoms with Crippen molar-refractivity contribution in [1.82, 2.24) is 5.32 Å². The molecule has 2 heterocycles. The molecule has 1 aliphatic heterocycles. The van der Waals surface area contributed by atoms with Crippen molar-refractivity contribution in [3.8, 4) is 0 Å². The highest BCUT2D eigenvalue weighted by molar-refractivity contribution is 7.98. The van der Waals surface area contributed by atoms with E-state index < -0.39 is 5.76 Å². The van der Waals surface area contributed by atoms with E-state index in [1.165, 1.54) is 0 Å². The van der Waals surface area contributed by atoms with Crippen molar-refractivity contribution in [2.24, 2.45) is 0 Å². The van der Waals surface area contributed by atoms with Gasteiger partial charge in [-0.15, -0.1) is 0 Å². The number of rotatable bonds is 9. The monoisotopic (exact) mass is 396 g/mol. The fourth-order valence-corrected chi connectivity index (χ4v) is 3.28. The number of hydrogen-bond donors (Lipinski definition) is 2. The number of benzene rings is 1. The molecule has 1 saturated heterocycles. The van der Waals surface area contributed by atoms with Crippen LogP contribution in [0.2, 0.25) is 0 Å². The van der Waals surface area contributed by atoms with Gasteiger partial charge in [0.1, 0.15) is 17.6 Å². The molecule has 1 aliphatic rings. The molecule has 5 nitrogen and oxygen atoms in total. The second kappa shape index (κ2) is 9.87. The Morgan fingerprint density at radius 2 is 2.07 bits per heavy atom. The normalized spacial score (nSPS) is 16.8. The second-order valence-corrected chi connectivity index (χ2v) is 7.21. The first kappa shape index (κ1) is 19.9. The van der Waals surface area contributed by atoms with Crippen LogP contribution in [0.4, 0.5) is 14.5 Å². The van der Waals surface area contributed by atoms with Gasteiger partial charge in [0.25, 0.3) is 11.7 Å². The predicted molar refractivity (Wildman–Crippen MR) is 101 cm³/mol. The molecule has 1 unspecified atom stereocenters. The van der Waals surface area contributed by atoms with E-state index in [9.17, 15) is 13.6 Å². The Morgan fingerprint density at radius 3 is 2.85 bits per heavy atom. The molecular formula is C19H22F2N2O3S. The number of carbonyl (C=O) groups is 1. The summed E-state index contributed by atoms with van der Waals surface area (Å²) in [5.41, 5.74) is 1.75. The topological polar surface area (TPSA) is 63.5 Å². The average molecular weight is 396 g/mol. The third kappa shape index (κ3) is 6.34. The van der Waals surface area contributed by atoms with Crippen LogP contribution in [0.5, 0.6) is 0 Å². The minimum atomic E-state index is -2.40. The Labute approximate surface area is 160 Å². The van der Waals surface area contributed by atoms with Crippen molar-refractivity contribution in [2.75, 3.05) is 11.9 Å². The number of halogens is 2. The van der Waals surface area contributed by atoms with E-state index in [-0.39, 0.29) is 17.8 Å². The predicted octanol–water partition coefficient (Wildman–Crippen LogP) is 4.14. The number of amides is 1.